The normalized spacial score (nSPS) is 23.1. The van der Waals surface area contributed by atoms with Crippen molar-refractivity contribution in [2.45, 2.75) is 24.4 Å². The highest BCUT2D eigenvalue weighted by Crippen LogP contribution is 2.62. The van der Waals surface area contributed by atoms with Gasteiger partial charge in [-0.3, -0.25) is 19.2 Å². The molecule has 4 aromatic carbocycles. The van der Waals surface area contributed by atoms with Gasteiger partial charge in [0.15, 0.2) is 11.6 Å². The van der Waals surface area contributed by atoms with Crippen molar-refractivity contribution in [3.05, 3.63) is 137 Å². The lowest BCUT2D eigenvalue weighted by Gasteiger charge is -2.38. The summed E-state index contributed by atoms with van der Waals surface area (Å²) in [6.45, 7) is 1.31. The van der Waals surface area contributed by atoms with Crippen LogP contribution in [-0.2, 0) is 15.0 Å². The predicted octanol–water partition coefficient (Wildman–Crippen LogP) is 5.59. The molecule has 3 heterocycles. The van der Waals surface area contributed by atoms with E-state index in [1.807, 2.05) is 71.8 Å². The van der Waals surface area contributed by atoms with Crippen LogP contribution >= 0.6 is 0 Å². The Morgan fingerprint density at radius 2 is 1.45 bits per heavy atom. The van der Waals surface area contributed by atoms with E-state index < -0.39 is 29.4 Å². The van der Waals surface area contributed by atoms with Crippen LogP contribution in [0.5, 0.6) is 5.75 Å². The van der Waals surface area contributed by atoms with Gasteiger partial charge >= 0.3 is 5.97 Å². The van der Waals surface area contributed by atoms with Gasteiger partial charge in [0.05, 0.1) is 12.0 Å². The van der Waals surface area contributed by atoms with Crippen molar-refractivity contribution in [3.8, 4) is 5.75 Å². The number of anilines is 1. The minimum absolute atomic E-state index is 0.280. The average molecular weight is 555 g/mol. The summed E-state index contributed by atoms with van der Waals surface area (Å²) in [6, 6.07) is 28.8. The maximum absolute atomic E-state index is 14.7. The minimum atomic E-state index is -1.39. The topological polar surface area (TPSA) is 92.8 Å². The zero-order valence-corrected chi connectivity index (χ0v) is 22.7. The Kier molecular flexibility index (Phi) is 5.90. The molecular formula is C35H26N2O5. The first-order valence-corrected chi connectivity index (χ1v) is 13.8. The zero-order chi connectivity index (χ0) is 29.0. The van der Waals surface area contributed by atoms with E-state index in [4.69, 9.17) is 4.74 Å². The molecule has 1 fully saturated rings. The van der Waals surface area contributed by atoms with Crippen LogP contribution in [0.2, 0.25) is 0 Å². The number of rotatable bonds is 5. The van der Waals surface area contributed by atoms with Crippen molar-refractivity contribution in [1.82, 2.24) is 4.90 Å². The first-order chi connectivity index (χ1) is 20.4. The van der Waals surface area contributed by atoms with Gasteiger partial charge in [0, 0.05) is 29.9 Å². The summed E-state index contributed by atoms with van der Waals surface area (Å²) in [5.74, 6) is -2.10. The third kappa shape index (κ3) is 3.66. The molecule has 1 N–H and O–H groups in total. The maximum atomic E-state index is 14.7. The van der Waals surface area contributed by atoms with Gasteiger partial charge in [-0.2, -0.15) is 0 Å². The van der Waals surface area contributed by atoms with E-state index in [2.05, 4.69) is 5.32 Å². The largest absolute Gasteiger partial charge is 0.427 e. The number of carbonyl (C=O) groups is 4. The molecule has 0 radical (unpaired) electrons. The molecule has 206 valence electrons. The Bertz CT molecular complexity index is 1800. The molecule has 0 aromatic heterocycles. The zero-order valence-electron chi connectivity index (χ0n) is 22.7. The number of ketones is 2. The van der Waals surface area contributed by atoms with Gasteiger partial charge in [-0.05, 0) is 53.1 Å². The summed E-state index contributed by atoms with van der Waals surface area (Å²) in [4.78, 5) is 57.1. The van der Waals surface area contributed by atoms with Crippen LogP contribution in [0.1, 0.15) is 50.4 Å². The van der Waals surface area contributed by atoms with Gasteiger partial charge in [0.25, 0.3) is 0 Å². The lowest BCUT2D eigenvalue weighted by Crippen LogP contribution is -2.49. The van der Waals surface area contributed by atoms with Crippen LogP contribution in [0.15, 0.2) is 109 Å². The Balaban J connectivity index is 1.48. The monoisotopic (exact) mass is 554 g/mol. The molecule has 3 aliphatic rings. The lowest BCUT2D eigenvalue weighted by molar-refractivity contribution is -0.131. The van der Waals surface area contributed by atoms with Crippen LogP contribution in [0, 0.1) is 5.92 Å². The van der Waals surface area contributed by atoms with E-state index in [-0.39, 0.29) is 17.5 Å². The van der Waals surface area contributed by atoms with E-state index in [9.17, 15) is 19.2 Å². The van der Waals surface area contributed by atoms with Crippen molar-refractivity contribution in [2.24, 2.45) is 5.92 Å². The van der Waals surface area contributed by atoms with Gasteiger partial charge < -0.3 is 15.0 Å². The van der Waals surface area contributed by atoms with Crippen molar-refractivity contribution in [2.75, 3.05) is 5.32 Å². The van der Waals surface area contributed by atoms with E-state index in [1.54, 1.807) is 48.5 Å². The highest BCUT2D eigenvalue weighted by Gasteiger charge is 2.70. The van der Waals surface area contributed by atoms with E-state index in [1.165, 1.54) is 6.92 Å². The minimum Gasteiger partial charge on any atom is -0.427 e. The van der Waals surface area contributed by atoms with E-state index >= 15 is 0 Å². The summed E-state index contributed by atoms with van der Waals surface area (Å²) < 4.78 is 5.17. The highest BCUT2D eigenvalue weighted by atomic mass is 16.5. The smallest absolute Gasteiger partial charge is 0.308 e. The molecule has 0 aliphatic carbocycles. The molecule has 0 unspecified atom stereocenters. The number of benzene rings is 4. The third-order valence-electron chi connectivity index (χ3n) is 8.58. The predicted molar refractivity (Wildman–Crippen MR) is 157 cm³/mol. The molecule has 0 bridgehead atoms. The summed E-state index contributed by atoms with van der Waals surface area (Å²) in [5, 5.41) is 3.05. The van der Waals surface area contributed by atoms with Gasteiger partial charge in [-0.15, -0.1) is 0 Å². The van der Waals surface area contributed by atoms with E-state index in [0.29, 0.717) is 28.1 Å². The first-order valence-electron chi connectivity index (χ1n) is 13.8. The number of Topliss-reactive ketones (excluding diaryl/α,β-unsaturated/α-hetero) is 2. The molecule has 0 saturated carbocycles. The molecular weight excluding hydrogens is 528 g/mol. The fourth-order valence-corrected chi connectivity index (χ4v) is 6.97. The number of hydrogen-bond donors (Lipinski definition) is 1. The fraction of sp³-hybridized carbons (Fsp3) is 0.143. The molecule has 1 saturated heterocycles. The van der Waals surface area contributed by atoms with Crippen LogP contribution in [0.4, 0.5) is 5.69 Å². The Morgan fingerprint density at radius 3 is 2.21 bits per heavy atom. The van der Waals surface area contributed by atoms with Crippen LogP contribution in [0.3, 0.4) is 0 Å². The second-order valence-electron chi connectivity index (χ2n) is 10.8. The molecule has 3 aliphatic heterocycles. The molecule has 42 heavy (non-hydrogen) atoms. The van der Waals surface area contributed by atoms with Crippen LogP contribution in [0.25, 0.3) is 6.08 Å². The van der Waals surface area contributed by atoms with Gasteiger partial charge in [0.2, 0.25) is 5.91 Å². The van der Waals surface area contributed by atoms with Crippen molar-refractivity contribution >= 4 is 35.2 Å². The van der Waals surface area contributed by atoms with Gasteiger partial charge in [-0.25, -0.2) is 0 Å². The molecule has 7 nitrogen and oxygen atoms in total. The van der Waals surface area contributed by atoms with Crippen molar-refractivity contribution in [3.63, 3.8) is 0 Å². The second-order valence-corrected chi connectivity index (χ2v) is 10.8. The highest BCUT2D eigenvalue weighted by molar-refractivity contribution is 6.16. The molecule has 4 aromatic rings. The van der Waals surface area contributed by atoms with Crippen LogP contribution < -0.4 is 10.1 Å². The molecule has 4 atom stereocenters. The van der Waals surface area contributed by atoms with Gasteiger partial charge in [0.1, 0.15) is 17.2 Å². The van der Waals surface area contributed by atoms with Crippen molar-refractivity contribution in [1.29, 1.82) is 0 Å². The molecule has 7 heteroatoms. The lowest BCUT2D eigenvalue weighted by atomic mass is 9.62. The standard InChI is InChI=1S/C35H26N2O5/c1-21(38)42-25-17-15-24(16-18-25)32(40)30-29(31(39)23-10-3-2-4-11-23)35(27-13-7-8-14-28(27)36-34(35)41)33-26-12-6-5-9-22(26)19-20-37(30)33/h2-20,29-30,33H,1H3,(H,36,41)/t29-,30-,33+,35+/m0/s1. The maximum Gasteiger partial charge on any atom is 0.308 e. The third-order valence-corrected chi connectivity index (χ3v) is 8.58. The van der Waals surface area contributed by atoms with E-state index in [0.717, 1.165) is 11.1 Å². The molecule has 1 spiro atoms. The number of para-hydroxylation sites is 1. The molecule has 1 amide bonds. The second kappa shape index (κ2) is 9.66. The summed E-state index contributed by atoms with van der Waals surface area (Å²) in [7, 11) is 0. The quantitative estimate of drug-likeness (QED) is 0.196. The van der Waals surface area contributed by atoms with Crippen molar-refractivity contribution < 1.29 is 23.9 Å². The number of esters is 1. The number of fused-ring (bicyclic) bond motifs is 6. The number of nitrogens with one attached hydrogen (secondary N) is 1. The first kappa shape index (κ1) is 25.7. The summed E-state index contributed by atoms with van der Waals surface area (Å²) in [5.41, 5.74) is 2.53. The summed E-state index contributed by atoms with van der Waals surface area (Å²) in [6.07, 6.45) is 3.77. The average Bonchev–Trinajstić information content (AvgIpc) is 3.49. The SMILES string of the molecule is CC(=O)Oc1ccc(C(=O)[C@@H]2[C@@H](C(=O)c3ccccc3)[C@@]3(C(=O)Nc4ccccc43)[C@H]3c4ccccc4C=CN23)cc1. The Hall–Kier alpha value is -5.30. The number of ether oxygens (including phenoxy) is 1. The Labute approximate surface area is 242 Å². The number of carbonyl (C=O) groups excluding carboxylic acids is 4. The number of nitrogens with zero attached hydrogens (tertiary/aromatic N) is 1. The fourth-order valence-electron chi connectivity index (χ4n) is 6.97. The number of amides is 1. The Morgan fingerprint density at radius 1 is 0.786 bits per heavy atom. The summed E-state index contributed by atoms with van der Waals surface area (Å²) >= 11 is 0. The van der Waals surface area contributed by atoms with Crippen LogP contribution in [-0.4, -0.2) is 34.4 Å². The number of hydrogen-bond acceptors (Lipinski definition) is 6. The van der Waals surface area contributed by atoms with Gasteiger partial charge in [-0.1, -0.05) is 72.8 Å². The molecule has 7 rings (SSSR count).